The Labute approximate surface area is 213 Å². The number of carbonyl (C=O) groups is 2. The molecule has 0 saturated heterocycles. The lowest BCUT2D eigenvalue weighted by Gasteiger charge is -2.48. The molecule has 2 bridgehead atoms. The summed E-state index contributed by atoms with van der Waals surface area (Å²) in [5, 5.41) is 34.4. The van der Waals surface area contributed by atoms with Gasteiger partial charge in [0.1, 0.15) is 6.10 Å². The number of benzene rings is 1. The second-order valence-corrected chi connectivity index (χ2v) is 12.4. The molecule has 1 unspecified atom stereocenters. The summed E-state index contributed by atoms with van der Waals surface area (Å²) in [5.74, 6) is -1.13. The fraction of sp³-hybridized carbons (Fsp3) is 0.600. The zero-order chi connectivity index (χ0) is 26.4. The van der Waals surface area contributed by atoms with Crippen molar-refractivity contribution in [2.24, 2.45) is 34.5 Å². The largest absolute Gasteiger partial charge is 0.451 e. The number of fused-ring (bicyclic) bond motifs is 3. The second-order valence-electron chi connectivity index (χ2n) is 12.4. The Balaban J connectivity index is 1.63. The van der Waals surface area contributed by atoms with E-state index in [1.165, 1.54) is 0 Å². The van der Waals surface area contributed by atoms with E-state index in [1.54, 1.807) is 31.2 Å². The SMILES string of the molecule is CC1=C[C@]23C(=O)C(C=C(CO)[C@@H](O)[C@]2(O)[C@H]1OC(=O)c1ccccc1C(C)C)[C@H]1[C@@H](C[C@H]3C)C1(C)C. The molecule has 4 aliphatic rings. The molecule has 3 N–H and O–H groups in total. The zero-order valence-corrected chi connectivity index (χ0v) is 22.0. The van der Waals surface area contributed by atoms with Crippen molar-refractivity contribution in [3.05, 3.63) is 58.7 Å². The molecule has 8 atom stereocenters. The van der Waals surface area contributed by atoms with Crippen LogP contribution < -0.4 is 0 Å². The molecule has 36 heavy (non-hydrogen) atoms. The zero-order valence-electron chi connectivity index (χ0n) is 22.0. The van der Waals surface area contributed by atoms with E-state index >= 15 is 0 Å². The van der Waals surface area contributed by atoms with Gasteiger partial charge in [-0.25, -0.2) is 4.79 Å². The lowest BCUT2D eigenvalue weighted by Crippen LogP contribution is -2.65. The van der Waals surface area contributed by atoms with Crippen LogP contribution in [0.25, 0.3) is 0 Å². The van der Waals surface area contributed by atoms with E-state index in [0.717, 1.165) is 12.0 Å². The van der Waals surface area contributed by atoms with Crippen molar-refractivity contribution in [2.75, 3.05) is 6.61 Å². The summed E-state index contributed by atoms with van der Waals surface area (Å²) in [7, 11) is 0. The molecule has 2 saturated carbocycles. The lowest BCUT2D eigenvalue weighted by atomic mass is 9.59. The number of esters is 1. The van der Waals surface area contributed by atoms with Gasteiger partial charge >= 0.3 is 5.97 Å². The van der Waals surface area contributed by atoms with Crippen molar-refractivity contribution in [3.63, 3.8) is 0 Å². The van der Waals surface area contributed by atoms with Crippen LogP contribution in [0.15, 0.2) is 47.6 Å². The summed E-state index contributed by atoms with van der Waals surface area (Å²) in [6.45, 7) is 11.5. The van der Waals surface area contributed by atoms with Crippen LogP contribution in [0.3, 0.4) is 0 Å². The van der Waals surface area contributed by atoms with Crippen molar-refractivity contribution in [1.82, 2.24) is 0 Å². The Bertz CT molecular complexity index is 1180. The normalized spacial score (nSPS) is 40.4. The third-order valence-corrected chi connectivity index (χ3v) is 9.92. The number of hydrogen-bond acceptors (Lipinski definition) is 6. The number of carbonyl (C=O) groups excluding carboxylic acids is 2. The van der Waals surface area contributed by atoms with Gasteiger partial charge in [0.05, 0.1) is 17.6 Å². The minimum absolute atomic E-state index is 0.0372. The number of aliphatic hydroxyl groups is 3. The second kappa shape index (κ2) is 8.11. The standard InChI is InChI=1S/C30H38O6/c1-15(2)19-9-7-8-10-20(19)27(34)36-26-16(3)13-29-17(4)11-22-23(28(22,5)6)21(25(29)33)12-18(14-31)24(32)30(26,29)35/h7-10,12-13,15,17,21-24,26,31-32,35H,11,14H2,1-6H3/t17-,21?,22-,23+,24-,26+,29+,30+/m1/s1. The molecule has 0 aromatic heterocycles. The molecule has 0 amide bonds. The number of rotatable bonds is 4. The Morgan fingerprint density at radius 1 is 1.22 bits per heavy atom. The molecule has 194 valence electrons. The highest BCUT2D eigenvalue weighted by molar-refractivity contribution is 5.96. The van der Waals surface area contributed by atoms with Crippen molar-refractivity contribution >= 4 is 11.8 Å². The predicted octanol–water partition coefficient (Wildman–Crippen LogP) is 3.80. The van der Waals surface area contributed by atoms with Gasteiger partial charge in [0.25, 0.3) is 0 Å². The third kappa shape index (κ3) is 3.07. The number of hydrogen-bond donors (Lipinski definition) is 3. The van der Waals surface area contributed by atoms with Crippen LogP contribution >= 0.6 is 0 Å². The average molecular weight is 495 g/mol. The maximum Gasteiger partial charge on any atom is 0.339 e. The first-order chi connectivity index (χ1) is 16.8. The van der Waals surface area contributed by atoms with Crippen molar-refractivity contribution in [1.29, 1.82) is 0 Å². The fourth-order valence-corrected chi connectivity index (χ4v) is 7.95. The Hall–Kier alpha value is -2.28. The summed E-state index contributed by atoms with van der Waals surface area (Å²) < 4.78 is 6.02. The summed E-state index contributed by atoms with van der Waals surface area (Å²) in [6.07, 6.45) is 1.37. The van der Waals surface area contributed by atoms with Crippen LogP contribution in [0, 0.1) is 34.5 Å². The lowest BCUT2D eigenvalue weighted by molar-refractivity contribution is -0.190. The fourth-order valence-electron chi connectivity index (χ4n) is 7.95. The molecule has 5 rings (SSSR count). The van der Waals surface area contributed by atoms with E-state index < -0.39 is 41.7 Å². The summed E-state index contributed by atoms with van der Waals surface area (Å²) in [5.41, 5.74) is -1.62. The minimum Gasteiger partial charge on any atom is -0.451 e. The summed E-state index contributed by atoms with van der Waals surface area (Å²) >= 11 is 0. The molecule has 6 heteroatoms. The first kappa shape index (κ1) is 25.4. The highest BCUT2D eigenvalue weighted by atomic mass is 16.6. The van der Waals surface area contributed by atoms with Gasteiger partial charge in [0.2, 0.25) is 0 Å². The van der Waals surface area contributed by atoms with Crippen molar-refractivity contribution in [3.8, 4) is 0 Å². The maximum atomic E-state index is 14.4. The Morgan fingerprint density at radius 3 is 2.53 bits per heavy atom. The van der Waals surface area contributed by atoms with Crippen LogP contribution in [0.2, 0.25) is 0 Å². The minimum atomic E-state index is -2.12. The van der Waals surface area contributed by atoms with Gasteiger partial charge in [-0.1, -0.05) is 65.0 Å². The first-order valence-corrected chi connectivity index (χ1v) is 13.1. The van der Waals surface area contributed by atoms with Gasteiger partial charge in [-0.05, 0) is 65.2 Å². The summed E-state index contributed by atoms with van der Waals surface area (Å²) in [4.78, 5) is 27.9. The van der Waals surface area contributed by atoms with Crippen LogP contribution in [-0.4, -0.2) is 51.5 Å². The van der Waals surface area contributed by atoms with E-state index in [4.69, 9.17) is 4.74 Å². The topological polar surface area (TPSA) is 104 Å². The molecular weight excluding hydrogens is 456 g/mol. The number of Topliss-reactive ketones (excluding diaryl/α,β-unsaturated/α-hetero) is 1. The van der Waals surface area contributed by atoms with E-state index in [-0.39, 0.29) is 34.5 Å². The molecular formula is C30H38O6. The van der Waals surface area contributed by atoms with Crippen LogP contribution in [0.4, 0.5) is 0 Å². The molecule has 1 aromatic rings. The molecule has 0 radical (unpaired) electrons. The predicted molar refractivity (Wildman–Crippen MR) is 135 cm³/mol. The Morgan fingerprint density at radius 2 is 1.89 bits per heavy atom. The number of aliphatic hydroxyl groups excluding tert-OH is 2. The molecule has 4 aliphatic carbocycles. The van der Waals surface area contributed by atoms with Gasteiger partial charge in [0.15, 0.2) is 17.5 Å². The average Bonchev–Trinajstić information content (AvgIpc) is 3.32. The molecule has 0 heterocycles. The van der Waals surface area contributed by atoms with E-state index in [0.29, 0.717) is 17.1 Å². The molecule has 6 nitrogen and oxygen atoms in total. The van der Waals surface area contributed by atoms with Crippen molar-refractivity contribution < 1.29 is 29.6 Å². The van der Waals surface area contributed by atoms with Crippen LogP contribution in [-0.2, 0) is 9.53 Å². The van der Waals surface area contributed by atoms with Crippen LogP contribution in [0.1, 0.15) is 69.8 Å². The molecule has 0 aliphatic heterocycles. The highest BCUT2D eigenvalue weighted by Gasteiger charge is 2.76. The van der Waals surface area contributed by atoms with E-state index in [9.17, 15) is 24.9 Å². The first-order valence-electron chi connectivity index (χ1n) is 13.1. The highest BCUT2D eigenvalue weighted by Crippen LogP contribution is 2.71. The molecule has 2 fully saturated rings. The third-order valence-electron chi connectivity index (χ3n) is 9.92. The van der Waals surface area contributed by atoms with Gasteiger partial charge in [-0.15, -0.1) is 0 Å². The van der Waals surface area contributed by atoms with Gasteiger partial charge in [0, 0.05) is 5.92 Å². The molecule has 1 aromatic carbocycles. The van der Waals surface area contributed by atoms with E-state index in [1.807, 2.05) is 32.9 Å². The van der Waals surface area contributed by atoms with Crippen LogP contribution in [0.5, 0.6) is 0 Å². The molecule has 1 spiro atoms. The van der Waals surface area contributed by atoms with E-state index in [2.05, 4.69) is 13.8 Å². The number of ether oxygens (including phenoxy) is 1. The quantitative estimate of drug-likeness (QED) is 0.435. The van der Waals surface area contributed by atoms with Gasteiger partial charge in [-0.3, -0.25) is 4.79 Å². The van der Waals surface area contributed by atoms with Gasteiger partial charge in [-0.2, -0.15) is 0 Å². The van der Waals surface area contributed by atoms with Crippen molar-refractivity contribution in [2.45, 2.75) is 71.7 Å². The van der Waals surface area contributed by atoms with Gasteiger partial charge < -0.3 is 20.1 Å². The summed E-state index contributed by atoms with van der Waals surface area (Å²) in [6, 6.07) is 7.19. The smallest absolute Gasteiger partial charge is 0.339 e. The monoisotopic (exact) mass is 494 g/mol. The number of ketones is 1. The maximum absolute atomic E-state index is 14.4. The number of allylic oxidation sites excluding steroid dienone is 1. The Kier molecular flexibility index (Phi) is 5.71.